The van der Waals surface area contributed by atoms with E-state index in [9.17, 15) is 9.59 Å². The number of amides is 2. The van der Waals surface area contributed by atoms with Crippen LogP contribution in [0, 0.1) is 6.92 Å². The fourth-order valence-corrected chi connectivity index (χ4v) is 3.95. The van der Waals surface area contributed by atoms with Crippen LogP contribution in [-0.2, 0) is 9.53 Å². The van der Waals surface area contributed by atoms with Gasteiger partial charge in [-0.1, -0.05) is 60.2 Å². The highest BCUT2D eigenvalue weighted by atomic mass is 16.5. The van der Waals surface area contributed by atoms with Gasteiger partial charge in [-0.25, -0.2) is 0 Å². The molecule has 1 heterocycles. The van der Waals surface area contributed by atoms with E-state index in [0.717, 1.165) is 16.7 Å². The Morgan fingerprint density at radius 2 is 1.63 bits per heavy atom. The fraction of sp³-hybridized carbons (Fsp3) is 0.286. The minimum atomic E-state index is -0.308. The quantitative estimate of drug-likeness (QED) is 0.538. The average Bonchev–Trinajstić information content (AvgIpc) is 2.91. The van der Waals surface area contributed by atoms with Gasteiger partial charge in [0.15, 0.2) is 18.1 Å². The Labute approximate surface area is 205 Å². The number of methoxy groups -OCH3 is 1. The smallest absolute Gasteiger partial charge is 0.260 e. The normalized spacial score (nSPS) is 14.2. The summed E-state index contributed by atoms with van der Waals surface area (Å²) in [5.41, 5.74) is 3.56. The number of aryl methyl sites for hydroxylation is 1. The summed E-state index contributed by atoms with van der Waals surface area (Å²) in [4.78, 5) is 27.4. The number of carbonyl (C=O) groups excluding carboxylic acids is 2. The Bertz CT molecular complexity index is 1140. The molecule has 1 aliphatic rings. The Kier molecular flexibility index (Phi) is 8.00. The third-order valence-electron chi connectivity index (χ3n) is 5.96. The Balaban J connectivity index is 1.48. The van der Waals surface area contributed by atoms with Crippen molar-refractivity contribution in [1.82, 2.24) is 10.2 Å². The van der Waals surface area contributed by atoms with Crippen molar-refractivity contribution >= 4 is 11.8 Å². The number of carbonyl (C=O) groups is 2. The molecule has 1 fully saturated rings. The van der Waals surface area contributed by atoms with Gasteiger partial charge in [-0.2, -0.15) is 0 Å². The maximum Gasteiger partial charge on any atom is 0.260 e. The number of benzene rings is 3. The third kappa shape index (κ3) is 6.19. The van der Waals surface area contributed by atoms with Crippen LogP contribution >= 0.6 is 0 Å². The predicted octanol–water partition coefficient (Wildman–Crippen LogP) is 3.76. The summed E-state index contributed by atoms with van der Waals surface area (Å²) in [7, 11) is 1.51. The molecular weight excluding hydrogens is 444 g/mol. The van der Waals surface area contributed by atoms with Crippen LogP contribution in [0.25, 0.3) is 0 Å². The number of nitrogens with one attached hydrogen (secondary N) is 1. The molecule has 7 heteroatoms. The Hall–Kier alpha value is -3.84. The van der Waals surface area contributed by atoms with Crippen LogP contribution in [0.3, 0.4) is 0 Å². The molecule has 182 valence electrons. The van der Waals surface area contributed by atoms with Crippen molar-refractivity contribution in [2.24, 2.45) is 0 Å². The first-order valence-corrected chi connectivity index (χ1v) is 11.6. The highest BCUT2D eigenvalue weighted by Gasteiger charge is 2.21. The van der Waals surface area contributed by atoms with E-state index < -0.39 is 0 Å². The molecule has 0 aromatic heterocycles. The highest BCUT2D eigenvalue weighted by Crippen LogP contribution is 2.29. The highest BCUT2D eigenvalue weighted by molar-refractivity contribution is 5.95. The zero-order valence-corrected chi connectivity index (χ0v) is 20.0. The topological polar surface area (TPSA) is 77.1 Å². The van der Waals surface area contributed by atoms with Gasteiger partial charge in [0.1, 0.15) is 0 Å². The van der Waals surface area contributed by atoms with Gasteiger partial charge in [0.2, 0.25) is 0 Å². The van der Waals surface area contributed by atoms with Gasteiger partial charge < -0.3 is 24.4 Å². The van der Waals surface area contributed by atoms with E-state index in [0.29, 0.717) is 43.4 Å². The largest absolute Gasteiger partial charge is 0.493 e. The van der Waals surface area contributed by atoms with E-state index in [4.69, 9.17) is 14.2 Å². The molecule has 3 aromatic carbocycles. The van der Waals surface area contributed by atoms with Gasteiger partial charge in [0.25, 0.3) is 11.8 Å². The van der Waals surface area contributed by atoms with Gasteiger partial charge in [-0.05, 0) is 36.2 Å². The van der Waals surface area contributed by atoms with Crippen molar-refractivity contribution in [1.29, 1.82) is 0 Å². The molecule has 3 aromatic rings. The summed E-state index contributed by atoms with van der Waals surface area (Å²) >= 11 is 0. The summed E-state index contributed by atoms with van der Waals surface area (Å²) in [6.07, 6.45) is 0. The van der Waals surface area contributed by atoms with Gasteiger partial charge in [-0.15, -0.1) is 0 Å². The first-order valence-electron chi connectivity index (χ1n) is 11.6. The lowest BCUT2D eigenvalue weighted by atomic mass is 9.97. The summed E-state index contributed by atoms with van der Waals surface area (Å²) in [5.74, 6) is 0.442. The van der Waals surface area contributed by atoms with Crippen molar-refractivity contribution in [2.45, 2.75) is 13.0 Å². The molecular formula is C28H30N2O5. The Morgan fingerprint density at radius 3 is 2.31 bits per heavy atom. The molecule has 2 amide bonds. The second-order valence-electron chi connectivity index (χ2n) is 8.38. The van der Waals surface area contributed by atoms with Crippen molar-refractivity contribution in [3.05, 3.63) is 95.1 Å². The number of nitrogens with zero attached hydrogens (tertiary/aromatic N) is 1. The van der Waals surface area contributed by atoms with E-state index in [1.165, 1.54) is 7.11 Å². The van der Waals surface area contributed by atoms with Crippen LogP contribution in [0.15, 0.2) is 72.8 Å². The zero-order valence-electron chi connectivity index (χ0n) is 20.0. The fourth-order valence-electron chi connectivity index (χ4n) is 3.95. The van der Waals surface area contributed by atoms with Crippen LogP contribution in [-0.4, -0.2) is 56.7 Å². The molecule has 35 heavy (non-hydrogen) atoms. The van der Waals surface area contributed by atoms with Gasteiger partial charge in [0.05, 0.1) is 26.4 Å². The molecule has 7 nitrogen and oxygen atoms in total. The SMILES string of the molecule is COc1cc(C(=O)N[C@H](c2ccccc2)c2ccc(C)cc2)ccc1OCC(=O)N1CCOCC1. The molecule has 0 radical (unpaired) electrons. The first-order chi connectivity index (χ1) is 17.0. The number of rotatable bonds is 8. The second kappa shape index (κ2) is 11.5. The van der Waals surface area contributed by atoms with Crippen molar-refractivity contribution in [3.63, 3.8) is 0 Å². The minimum Gasteiger partial charge on any atom is -0.493 e. The lowest BCUT2D eigenvalue weighted by Gasteiger charge is -2.26. The molecule has 1 atom stereocenters. The summed E-state index contributed by atoms with van der Waals surface area (Å²) < 4.78 is 16.5. The molecule has 0 spiro atoms. The van der Waals surface area contributed by atoms with Crippen LogP contribution in [0.5, 0.6) is 11.5 Å². The summed E-state index contributed by atoms with van der Waals surface area (Å²) in [5, 5.41) is 3.14. The van der Waals surface area contributed by atoms with E-state index in [2.05, 4.69) is 5.32 Å². The monoisotopic (exact) mass is 474 g/mol. The summed E-state index contributed by atoms with van der Waals surface area (Å²) in [6, 6.07) is 22.6. The molecule has 1 saturated heterocycles. The maximum atomic E-state index is 13.2. The zero-order chi connectivity index (χ0) is 24.6. The van der Waals surface area contributed by atoms with Crippen molar-refractivity contribution in [3.8, 4) is 11.5 Å². The number of hydrogen-bond acceptors (Lipinski definition) is 5. The lowest BCUT2D eigenvalue weighted by molar-refractivity contribution is -0.137. The van der Waals surface area contributed by atoms with Gasteiger partial charge in [-0.3, -0.25) is 9.59 Å². The van der Waals surface area contributed by atoms with Crippen molar-refractivity contribution < 1.29 is 23.8 Å². The van der Waals surface area contributed by atoms with Crippen molar-refractivity contribution in [2.75, 3.05) is 40.0 Å². The summed E-state index contributed by atoms with van der Waals surface area (Å²) in [6.45, 7) is 4.11. The van der Waals surface area contributed by atoms with Crippen LogP contribution in [0.2, 0.25) is 0 Å². The van der Waals surface area contributed by atoms with E-state index >= 15 is 0 Å². The number of morpholine rings is 1. The van der Waals surface area contributed by atoms with Crippen LogP contribution < -0.4 is 14.8 Å². The molecule has 0 unspecified atom stereocenters. The van der Waals surface area contributed by atoms with E-state index in [1.54, 1.807) is 23.1 Å². The predicted molar refractivity (Wildman–Crippen MR) is 133 cm³/mol. The first kappa shape index (κ1) is 24.3. The van der Waals surface area contributed by atoms with Crippen LogP contribution in [0.1, 0.15) is 33.1 Å². The van der Waals surface area contributed by atoms with Crippen LogP contribution in [0.4, 0.5) is 0 Å². The van der Waals surface area contributed by atoms with E-state index in [-0.39, 0.29) is 24.5 Å². The average molecular weight is 475 g/mol. The molecule has 1 N–H and O–H groups in total. The van der Waals surface area contributed by atoms with Gasteiger partial charge in [0, 0.05) is 18.7 Å². The third-order valence-corrected chi connectivity index (χ3v) is 5.96. The molecule has 1 aliphatic heterocycles. The number of hydrogen-bond donors (Lipinski definition) is 1. The Morgan fingerprint density at radius 1 is 0.943 bits per heavy atom. The molecule has 0 bridgehead atoms. The van der Waals surface area contributed by atoms with E-state index in [1.807, 2.05) is 61.5 Å². The second-order valence-corrected chi connectivity index (χ2v) is 8.38. The molecule has 4 rings (SSSR count). The van der Waals surface area contributed by atoms with Gasteiger partial charge >= 0.3 is 0 Å². The maximum absolute atomic E-state index is 13.2. The lowest BCUT2D eigenvalue weighted by Crippen LogP contribution is -2.43. The number of ether oxygens (including phenoxy) is 3. The standard InChI is InChI=1S/C28H30N2O5/c1-20-8-10-22(11-9-20)27(21-6-4-3-5-7-21)29-28(32)23-12-13-24(25(18-23)33-2)35-19-26(31)30-14-16-34-17-15-30/h3-13,18,27H,14-17,19H2,1-2H3,(H,29,32)/t27-/m1/s1. The molecule has 0 saturated carbocycles. The minimum absolute atomic E-state index is 0.106. The molecule has 0 aliphatic carbocycles.